The summed E-state index contributed by atoms with van der Waals surface area (Å²) in [6.07, 6.45) is -0.286. The molecule has 0 N–H and O–H groups in total. The highest BCUT2D eigenvalue weighted by atomic mass is 28.4. The van der Waals surface area contributed by atoms with Crippen LogP contribution in [0.3, 0.4) is 0 Å². The average molecular weight is 296 g/mol. The van der Waals surface area contributed by atoms with E-state index < -0.39 is 20.6 Å². The van der Waals surface area contributed by atoms with Crippen molar-refractivity contribution in [1.82, 2.24) is 0 Å². The summed E-state index contributed by atoms with van der Waals surface area (Å²) in [5, 5.41) is 0. The van der Waals surface area contributed by atoms with Gasteiger partial charge in [0.05, 0.1) is 6.61 Å². The summed E-state index contributed by atoms with van der Waals surface area (Å²) < 4.78 is 20.6. The lowest BCUT2D eigenvalue weighted by Gasteiger charge is -2.24. The van der Waals surface area contributed by atoms with E-state index in [4.69, 9.17) is 22.9 Å². The Labute approximate surface area is 115 Å². The van der Waals surface area contributed by atoms with Gasteiger partial charge in [-0.25, -0.2) is 4.79 Å². The molecule has 19 heavy (non-hydrogen) atoms. The highest BCUT2D eigenvalue weighted by molar-refractivity contribution is 6.60. The van der Waals surface area contributed by atoms with Crippen LogP contribution in [-0.2, 0) is 27.8 Å². The summed E-state index contributed by atoms with van der Waals surface area (Å²) in [6.45, 7) is 5.43. The molecular weight excluding hydrogens is 272 g/mol. The first kappa shape index (κ1) is 18.3. The fourth-order valence-corrected chi connectivity index (χ4v) is 2.95. The SMILES string of the molecule is CO[Si](CCCOOC(=O)OC(C)(C)C)(OC)OC. The zero-order valence-corrected chi connectivity index (χ0v) is 13.5. The van der Waals surface area contributed by atoms with Crippen molar-refractivity contribution in [2.45, 2.75) is 38.8 Å². The summed E-state index contributed by atoms with van der Waals surface area (Å²) in [5.41, 5.74) is -0.606. The molecule has 0 aliphatic carbocycles. The third-order valence-electron chi connectivity index (χ3n) is 2.16. The Morgan fingerprint density at radius 3 is 2.00 bits per heavy atom. The van der Waals surface area contributed by atoms with E-state index in [0.717, 1.165) is 0 Å². The minimum Gasteiger partial charge on any atom is -0.427 e. The predicted octanol–water partition coefficient (Wildman–Crippen LogP) is 2.14. The first-order valence-electron chi connectivity index (χ1n) is 5.96. The molecule has 0 aromatic rings. The normalized spacial score (nSPS) is 12.3. The molecule has 0 aromatic heterocycles. The van der Waals surface area contributed by atoms with Gasteiger partial charge in [0, 0.05) is 27.4 Å². The molecule has 0 heterocycles. The van der Waals surface area contributed by atoms with Gasteiger partial charge in [0.2, 0.25) is 0 Å². The van der Waals surface area contributed by atoms with E-state index in [1.807, 2.05) is 0 Å². The minimum absolute atomic E-state index is 0.212. The van der Waals surface area contributed by atoms with E-state index in [1.165, 1.54) is 21.3 Å². The van der Waals surface area contributed by atoms with Gasteiger partial charge in [0.1, 0.15) is 5.60 Å². The van der Waals surface area contributed by atoms with Gasteiger partial charge in [-0.05, 0) is 27.2 Å². The molecule has 0 saturated carbocycles. The first-order valence-corrected chi connectivity index (χ1v) is 7.89. The van der Waals surface area contributed by atoms with Gasteiger partial charge in [-0.1, -0.05) is 0 Å². The molecule has 0 bridgehead atoms. The molecule has 8 heteroatoms. The molecular formula is C11H24O7Si. The van der Waals surface area contributed by atoms with Gasteiger partial charge in [0.15, 0.2) is 0 Å². The molecule has 0 aliphatic heterocycles. The van der Waals surface area contributed by atoms with E-state index in [1.54, 1.807) is 20.8 Å². The van der Waals surface area contributed by atoms with Crippen molar-refractivity contribution in [3.05, 3.63) is 0 Å². The molecule has 0 spiro atoms. The number of carbonyl (C=O) groups is 1. The van der Waals surface area contributed by atoms with E-state index in [9.17, 15) is 4.79 Å². The van der Waals surface area contributed by atoms with E-state index in [2.05, 4.69) is 4.89 Å². The third kappa shape index (κ3) is 8.17. The smallest absolute Gasteiger partial charge is 0.427 e. The molecule has 0 aliphatic rings. The van der Waals surface area contributed by atoms with Crippen molar-refractivity contribution in [2.75, 3.05) is 27.9 Å². The Balaban J connectivity index is 3.79. The molecule has 0 saturated heterocycles. The molecule has 7 nitrogen and oxygen atoms in total. The van der Waals surface area contributed by atoms with E-state index >= 15 is 0 Å². The van der Waals surface area contributed by atoms with Crippen molar-refractivity contribution in [2.24, 2.45) is 0 Å². The zero-order valence-electron chi connectivity index (χ0n) is 12.5. The standard InChI is InChI=1S/C11H24O7Si/c1-11(2,3)17-10(12)18-16-8-7-9-19(13-4,14-5)15-6/h7-9H2,1-6H3. The van der Waals surface area contributed by atoms with Gasteiger partial charge < -0.3 is 18.0 Å². The second-order valence-corrected chi connectivity index (χ2v) is 7.86. The number of carbonyl (C=O) groups excluding carboxylic acids is 1. The van der Waals surface area contributed by atoms with Crippen LogP contribution in [0.2, 0.25) is 6.04 Å². The van der Waals surface area contributed by atoms with Gasteiger partial charge in [-0.15, -0.1) is 0 Å². The lowest BCUT2D eigenvalue weighted by atomic mass is 10.2. The van der Waals surface area contributed by atoms with Gasteiger partial charge >= 0.3 is 15.0 Å². The maximum Gasteiger partial charge on any atom is 0.540 e. The van der Waals surface area contributed by atoms with Crippen molar-refractivity contribution < 1.29 is 32.6 Å². The molecule has 0 fully saturated rings. The second kappa shape index (κ2) is 8.49. The fraction of sp³-hybridized carbons (Fsp3) is 0.909. The van der Waals surface area contributed by atoms with Crippen LogP contribution in [0, 0.1) is 0 Å². The van der Waals surface area contributed by atoms with Crippen molar-refractivity contribution >= 4 is 15.0 Å². The quantitative estimate of drug-likeness (QED) is 0.223. The van der Waals surface area contributed by atoms with Crippen LogP contribution >= 0.6 is 0 Å². The fourth-order valence-electron chi connectivity index (χ4n) is 1.26. The summed E-state index contributed by atoms with van der Waals surface area (Å²) in [5.74, 6) is 0. The third-order valence-corrected chi connectivity index (χ3v) is 4.99. The Morgan fingerprint density at radius 1 is 1.05 bits per heavy atom. The van der Waals surface area contributed by atoms with Gasteiger partial charge in [-0.3, -0.25) is 4.89 Å². The largest absolute Gasteiger partial charge is 0.540 e. The molecule has 0 atom stereocenters. The number of hydrogen-bond acceptors (Lipinski definition) is 7. The first-order chi connectivity index (χ1) is 8.78. The molecule has 0 radical (unpaired) electrons. The topological polar surface area (TPSA) is 72.5 Å². The highest BCUT2D eigenvalue weighted by Gasteiger charge is 2.36. The van der Waals surface area contributed by atoms with Gasteiger partial charge in [-0.2, -0.15) is 4.89 Å². The zero-order chi connectivity index (χ0) is 14.9. The number of hydrogen-bond donors (Lipinski definition) is 0. The van der Waals surface area contributed by atoms with Gasteiger partial charge in [0.25, 0.3) is 0 Å². The lowest BCUT2D eigenvalue weighted by Crippen LogP contribution is -2.42. The van der Waals surface area contributed by atoms with Crippen LogP contribution in [0.15, 0.2) is 0 Å². The van der Waals surface area contributed by atoms with Crippen molar-refractivity contribution in [3.63, 3.8) is 0 Å². The van der Waals surface area contributed by atoms with Crippen LogP contribution in [0.25, 0.3) is 0 Å². The van der Waals surface area contributed by atoms with Crippen LogP contribution in [0.1, 0.15) is 27.2 Å². The monoisotopic (exact) mass is 296 g/mol. The molecule has 114 valence electrons. The average Bonchev–Trinajstić information content (AvgIpc) is 2.32. The summed E-state index contributed by atoms with van der Waals surface area (Å²) in [6, 6.07) is 0.564. The number of rotatable bonds is 8. The van der Waals surface area contributed by atoms with Crippen LogP contribution in [-0.4, -0.2) is 48.5 Å². The maximum atomic E-state index is 11.2. The highest BCUT2D eigenvalue weighted by Crippen LogP contribution is 2.15. The van der Waals surface area contributed by atoms with E-state index in [0.29, 0.717) is 12.5 Å². The van der Waals surface area contributed by atoms with Crippen LogP contribution in [0.5, 0.6) is 0 Å². The Morgan fingerprint density at radius 2 is 1.58 bits per heavy atom. The molecule has 0 aromatic carbocycles. The van der Waals surface area contributed by atoms with Crippen molar-refractivity contribution in [3.8, 4) is 0 Å². The number of ether oxygens (including phenoxy) is 1. The van der Waals surface area contributed by atoms with E-state index in [-0.39, 0.29) is 6.61 Å². The summed E-state index contributed by atoms with van der Waals surface area (Å²) in [4.78, 5) is 20.4. The molecule has 0 rings (SSSR count). The Hall–Kier alpha value is -0.673. The molecule has 0 unspecified atom stereocenters. The lowest BCUT2D eigenvalue weighted by molar-refractivity contribution is -0.260. The summed E-state index contributed by atoms with van der Waals surface area (Å²) >= 11 is 0. The Bertz CT molecular complexity index is 252. The summed E-state index contributed by atoms with van der Waals surface area (Å²) in [7, 11) is 2.03. The molecule has 0 amide bonds. The minimum atomic E-state index is -2.58. The van der Waals surface area contributed by atoms with Crippen LogP contribution < -0.4 is 0 Å². The van der Waals surface area contributed by atoms with Crippen LogP contribution in [0.4, 0.5) is 4.79 Å². The Kier molecular flexibility index (Phi) is 8.19. The van der Waals surface area contributed by atoms with Crippen molar-refractivity contribution in [1.29, 1.82) is 0 Å². The maximum absolute atomic E-state index is 11.2. The second-order valence-electron chi connectivity index (χ2n) is 4.77. The predicted molar refractivity (Wildman–Crippen MR) is 69.5 cm³/mol.